The maximum atomic E-state index is 12.6. The highest BCUT2D eigenvalue weighted by Gasteiger charge is 2.33. The van der Waals surface area contributed by atoms with Gasteiger partial charge >= 0.3 is 5.97 Å². The summed E-state index contributed by atoms with van der Waals surface area (Å²) in [5.74, 6) is 1.26. The monoisotopic (exact) mass is 529 g/mol. The number of para-hydroxylation sites is 1. The average molecular weight is 530 g/mol. The van der Waals surface area contributed by atoms with Crippen LogP contribution in [-0.2, 0) is 4.74 Å². The fraction of sp³-hybridized carbons (Fsp3) is 0.321. The lowest BCUT2D eigenvalue weighted by molar-refractivity contribution is 0.0351. The number of carbonyl (C=O) groups excluding carboxylic acids is 1. The zero-order valence-electron chi connectivity index (χ0n) is 22.3. The van der Waals surface area contributed by atoms with Crippen LogP contribution in [0.5, 0.6) is 11.6 Å². The molecule has 39 heavy (non-hydrogen) atoms. The molecule has 11 heteroatoms. The molecule has 1 aliphatic rings. The van der Waals surface area contributed by atoms with Gasteiger partial charge in [0, 0.05) is 36.5 Å². The van der Waals surface area contributed by atoms with E-state index in [9.17, 15) is 4.79 Å². The Balaban J connectivity index is 1.33. The first-order chi connectivity index (χ1) is 18.9. The fourth-order valence-corrected chi connectivity index (χ4v) is 4.27. The first kappa shape index (κ1) is 26.1. The second-order valence-electron chi connectivity index (χ2n) is 9.37. The van der Waals surface area contributed by atoms with Crippen LogP contribution in [-0.4, -0.2) is 70.8 Å². The zero-order chi connectivity index (χ0) is 27.4. The lowest BCUT2D eigenvalue weighted by Gasteiger charge is -2.39. The van der Waals surface area contributed by atoms with E-state index in [0.29, 0.717) is 46.3 Å². The molecule has 0 radical (unpaired) electrons. The van der Waals surface area contributed by atoms with Gasteiger partial charge in [-0.1, -0.05) is 18.2 Å². The Morgan fingerprint density at radius 2 is 1.90 bits per heavy atom. The van der Waals surface area contributed by atoms with E-state index in [4.69, 9.17) is 14.2 Å². The van der Waals surface area contributed by atoms with Crippen molar-refractivity contribution in [1.29, 1.82) is 0 Å². The van der Waals surface area contributed by atoms with Crippen LogP contribution in [0.15, 0.2) is 54.9 Å². The summed E-state index contributed by atoms with van der Waals surface area (Å²) in [7, 11) is 5.73. The molecular formula is C28H31N7O4. The number of fused-ring (bicyclic) bond motifs is 1. The summed E-state index contributed by atoms with van der Waals surface area (Å²) < 4.78 is 16.8. The van der Waals surface area contributed by atoms with Gasteiger partial charge in [0.05, 0.1) is 36.8 Å². The van der Waals surface area contributed by atoms with Gasteiger partial charge in [-0.15, -0.1) is 0 Å². The van der Waals surface area contributed by atoms with Crippen molar-refractivity contribution >= 4 is 40.0 Å². The fourth-order valence-electron chi connectivity index (χ4n) is 4.27. The molecule has 1 fully saturated rings. The topological polar surface area (TPSA) is 124 Å². The first-order valence-electron chi connectivity index (χ1n) is 12.7. The molecule has 0 atom stereocenters. The van der Waals surface area contributed by atoms with E-state index in [2.05, 4.69) is 49.6 Å². The quantitative estimate of drug-likeness (QED) is 0.281. The summed E-state index contributed by atoms with van der Waals surface area (Å²) in [5, 5.41) is 7.21. The Kier molecular flexibility index (Phi) is 7.69. The molecule has 0 bridgehead atoms. The number of aromatic nitrogens is 4. The SMILES string of the molecule is CCOC(=O)c1nc2ccccc2cc1Nc1ccnc(Nc2cnc(OC3CC(N(C)C)C3)c(OC)c2)n1. The van der Waals surface area contributed by atoms with Crippen molar-refractivity contribution in [1.82, 2.24) is 24.8 Å². The number of hydrogen-bond acceptors (Lipinski definition) is 11. The Morgan fingerprint density at radius 3 is 2.67 bits per heavy atom. The Hall–Kier alpha value is -4.51. The Labute approximate surface area is 226 Å². The highest BCUT2D eigenvalue weighted by molar-refractivity contribution is 5.98. The molecule has 1 aliphatic carbocycles. The predicted octanol–water partition coefficient (Wildman–Crippen LogP) is 4.56. The maximum Gasteiger partial charge on any atom is 0.359 e. The van der Waals surface area contributed by atoms with Crippen molar-refractivity contribution in [2.75, 3.05) is 38.4 Å². The molecule has 3 heterocycles. The third-order valence-corrected chi connectivity index (χ3v) is 6.48. The minimum atomic E-state index is -0.516. The molecule has 0 saturated heterocycles. The van der Waals surface area contributed by atoms with Crippen molar-refractivity contribution in [3.8, 4) is 11.6 Å². The van der Waals surface area contributed by atoms with Crippen LogP contribution in [0.3, 0.4) is 0 Å². The van der Waals surface area contributed by atoms with Crippen LogP contribution in [0.25, 0.3) is 10.9 Å². The van der Waals surface area contributed by atoms with E-state index in [1.165, 1.54) is 0 Å². The first-order valence-corrected chi connectivity index (χ1v) is 12.7. The van der Waals surface area contributed by atoms with E-state index in [1.54, 1.807) is 38.6 Å². The van der Waals surface area contributed by atoms with E-state index in [0.717, 1.165) is 18.2 Å². The summed E-state index contributed by atoms with van der Waals surface area (Å²) in [6, 6.07) is 13.4. The third kappa shape index (κ3) is 5.99. The van der Waals surface area contributed by atoms with Gasteiger partial charge < -0.3 is 29.7 Å². The number of anilines is 4. The van der Waals surface area contributed by atoms with Crippen molar-refractivity contribution in [3.63, 3.8) is 0 Å². The van der Waals surface area contributed by atoms with E-state index < -0.39 is 5.97 Å². The molecule has 3 aromatic heterocycles. The van der Waals surface area contributed by atoms with Gasteiger partial charge in [0.25, 0.3) is 5.88 Å². The highest BCUT2D eigenvalue weighted by Crippen LogP contribution is 2.34. The van der Waals surface area contributed by atoms with Gasteiger partial charge in [0.2, 0.25) is 5.95 Å². The minimum absolute atomic E-state index is 0.118. The second-order valence-corrected chi connectivity index (χ2v) is 9.37. The smallest absolute Gasteiger partial charge is 0.359 e. The molecule has 2 N–H and O–H groups in total. The van der Waals surface area contributed by atoms with Crippen LogP contribution in [0.1, 0.15) is 30.3 Å². The normalized spacial score (nSPS) is 16.4. The number of carbonyl (C=O) groups is 1. The van der Waals surface area contributed by atoms with Gasteiger partial charge in [-0.3, -0.25) is 0 Å². The standard InChI is InChI=1S/C28H31N7O4/c1-5-38-27(36)25-22(12-17-8-6-7-9-21(17)33-25)32-24-10-11-29-28(34-24)31-18-13-23(37-4)26(30-16-18)39-20-14-19(15-20)35(2)3/h6-13,16,19-20H,5,14-15H2,1-4H3,(H2,29,31,32,34). The largest absolute Gasteiger partial charge is 0.491 e. The number of nitrogens with one attached hydrogen (secondary N) is 2. The molecule has 1 aromatic carbocycles. The second kappa shape index (κ2) is 11.5. The number of pyridine rings is 2. The number of benzene rings is 1. The van der Waals surface area contributed by atoms with Crippen LogP contribution in [0.2, 0.25) is 0 Å². The van der Waals surface area contributed by atoms with Gasteiger partial charge in [-0.05, 0) is 39.2 Å². The van der Waals surface area contributed by atoms with Crippen molar-refractivity contribution < 1.29 is 19.0 Å². The third-order valence-electron chi connectivity index (χ3n) is 6.48. The molecule has 0 aliphatic heterocycles. The number of methoxy groups -OCH3 is 1. The summed E-state index contributed by atoms with van der Waals surface area (Å²) >= 11 is 0. The van der Waals surface area contributed by atoms with E-state index in [1.807, 2.05) is 30.3 Å². The summed E-state index contributed by atoms with van der Waals surface area (Å²) in [4.78, 5) is 32.7. The van der Waals surface area contributed by atoms with Crippen LogP contribution >= 0.6 is 0 Å². The predicted molar refractivity (Wildman–Crippen MR) is 148 cm³/mol. The Bertz CT molecular complexity index is 1470. The molecular weight excluding hydrogens is 498 g/mol. The Morgan fingerprint density at radius 1 is 1.08 bits per heavy atom. The van der Waals surface area contributed by atoms with Gasteiger partial charge in [0.1, 0.15) is 11.9 Å². The van der Waals surface area contributed by atoms with Gasteiger partial charge in [-0.25, -0.2) is 19.7 Å². The lowest BCUT2D eigenvalue weighted by atomic mass is 9.88. The lowest BCUT2D eigenvalue weighted by Crippen LogP contribution is -2.46. The minimum Gasteiger partial charge on any atom is -0.491 e. The molecule has 0 unspecified atom stereocenters. The van der Waals surface area contributed by atoms with E-state index in [-0.39, 0.29) is 18.4 Å². The van der Waals surface area contributed by atoms with Crippen LogP contribution in [0, 0.1) is 0 Å². The average Bonchev–Trinajstić information content (AvgIpc) is 2.90. The summed E-state index contributed by atoms with van der Waals surface area (Å²) in [5.41, 5.74) is 1.99. The maximum absolute atomic E-state index is 12.6. The molecule has 4 aromatic rings. The van der Waals surface area contributed by atoms with E-state index >= 15 is 0 Å². The van der Waals surface area contributed by atoms with Crippen molar-refractivity contribution in [2.24, 2.45) is 0 Å². The van der Waals surface area contributed by atoms with Crippen molar-refractivity contribution in [3.05, 3.63) is 60.6 Å². The zero-order valence-corrected chi connectivity index (χ0v) is 22.3. The number of esters is 1. The summed E-state index contributed by atoms with van der Waals surface area (Å²) in [6.07, 6.45) is 5.28. The van der Waals surface area contributed by atoms with Crippen molar-refractivity contribution in [2.45, 2.75) is 31.9 Å². The number of nitrogens with zero attached hydrogens (tertiary/aromatic N) is 5. The highest BCUT2D eigenvalue weighted by atomic mass is 16.5. The molecule has 202 valence electrons. The molecule has 1 saturated carbocycles. The number of hydrogen-bond donors (Lipinski definition) is 2. The summed E-state index contributed by atoms with van der Waals surface area (Å²) in [6.45, 7) is 2.00. The number of ether oxygens (including phenoxy) is 3. The number of rotatable bonds is 10. The van der Waals surface area contributed by atoms with Gasteiger partial charge in [0.15, 0.2) is 11.4 Å². The molecule has 0 spiro atoms. The molecule has 11 nitrogen and oxygen atoms in total. The molecule has 5 rings (SSSR count). The molecule has 0 amide bonds. The van der Waals surface area contributed by atoms with Crippen LogP contribution < -0.4 is 20.1 Å². The van der Waals surface area contributed by atoms with Gasteiger partial charge in [-0.2, -0.15) is 4.98 Å². The van der Waals surface area contributed by atoms with Crippen LogP contribution in [0.4, 0.5) is 23.1 Å².